The number of sulfonamides is 1. The Morgan fingerprint density at radius 1 is 1.35 bits per heavy atom. The van der Waals surface area contributed by atoms with Gasteiger partial charge >= 0.3 is 0 Å². The standard InChI is InChI=1S/C12H26N2O2S/c1-10(12(2,3)4)14(5)17(15,16)9-8-13-11-6-7-11/h10-11,13H,6-9H2,1-5H3. The van der Waals surface area contributed by atoms with Gasteiger partial charge in [-0.1, -0.05) is 20.8 Å². The van der Waals surface area contributed by atoms with E-state index in [1.807, 2.05) is 6.92 Å². The molecule has 1 unspecified atom stereocenters. The maximum absolute atomic E-state index is 12.1. The summed E-state index contributed by atoms with van der Waals surface area (Å²) in [6, 6.07) is 0.573. The van der Waals surface area contributed by atoms with E-state index in [1.165, 1.54) is 17.1 Å². The van der Waals surface area contributed by atoms with E-state index in [0.717, 1.165) is 0 Å². The smallest absolute Gasteiger partial charge is 0.215 e. The van der Waals surface area contributed by atoms with Crippen LogP contribution in [0.4, 0.5) is 0 Å². The molecule has 1 saturated carbocycles. The van der Waals surface area contributed by atoms with Crippen molar-refractivity contribution in [2.45, 2.75) is 52.6 Å². The van der Waals surface area contributed by atoms with Crippen molar-refractivity contribution in [1.29, 1.82) is 0 Å². The fourth-order valence-corrected chi connectivity index (χ4v) is 3.07. The average Bonchev–Trinajstić information content (AvgIpc) is 2.97. The van der Waals surface area contributed by atoms with Crippen LogP contribution in [0.2, 0.25) is 0 Å². The number of hydrogen-bond acceptors (Lipinski definition) is 3. The normalized spacial score (nSPS) is 19.6. The van der Waals surface area contributed by atoms with E-state index >= 15 is 0 Å². The Morgan fingerprint density at radius 2 is 1.88 bits per heavy atom. The molecular weight excluding hydrogens is 236 g/mol. The molecule has 0 aromatic carbocycles. The van der Waals surface area contributed by atoms with Gasteiger partial charge in [0, 0.05) is 25.7 Å². The molecule has 0 heterocycles. The highest BCUT2D eigenvalue weighted by molar-refractivity contribution is 7.89. The van der Waals surface area contributed by atoms with Gasteiger partial charge in [0.25, 0.3) is 0 Å². The lowest BCUT2D eigenvalue weighted by atomic mass is 9.88. The lowest BCUT2D eigenvalue weighted by Gasteiger charge is -2.34. The minimum atomic E-state index is -3.14. The Kier molecular flexibility index (Phi) is 4.60. The van der Waals surface area contributed by atoms with Crippen LogP contribution < -0.4 is 5.32 Å². The van der Waals surface area contributed by atoms with Crippen LogP contribution in [-0.4, -0.2) is 44.2 Å². The topological polar surface area (TPSA) is 49.4 Å². The van der Waals surface area contributed by atoms with Gasteiger partial charge in [-0.2, -0.15) is 0 Å². The molecule has 0 amide bonds. The lowest BCUT2D eigenvalue weighted by Crippen LogP contribution is -2.45. The maximum Gasteiger partial charge on any atom is 0.215 e. The predicted octanol–water partition coefficient (Wildman–Crippen LogP) is 1.43. The third-order valence-corrected chi connectivity index (χ3v) is 5.52. The average molecular weight is 262 g/mol. The van der Waals surface area contributed by atoms with Crippen LogP contribution >= 0.6 is 0 Å². The minimum absolute atomic E-state index is 0.00780. The summed E-state index contributed by atoms with van der Waals surface area (Å²) in [5.74, 6) is 0.195. The van der Waals surface area contributed by atoms with E-state index in [0.29, 0.717) is 12.6 Å². The summed E-state index contributed by atoms with van der Waals surface area (Å²) in [6.07, 6.45) is 2.38. The van der Waals surface area contributed by atoms with Crippen molar-refractivity contribution >= 4 is 10.0 Å². The summed E-state index contributed by atoms with van der Waals surface area (Å²) in [7, 11) is -1.46. The molecule has 102 valence electrons. The molecule has 1 N–H and O–H groups in total. The molecule has 4 nitrogen and oxygen atoms in total. The van der Waals surface area contributed by atoms with Gasteiger partial charge in [-0.05, 0) is 25.2 Å². The molecule has 0 saturated heterocycles. The molecule has 0 aliphatic heterocycles. The van der Waals surface area contributed by atoms with E-state index in [4.69, 9.17) is 0 Å². The predicted molar refractivity (Wildman–Crippen MR) is 71.5 cm³/mol. The Bertz CT molecular complexity index is 342. The Morgan fingerprint density at radius 3 is 2.29 bits per heavy atom. The third-order valence-electron chi connectivity index (χ3n) is 3.61. The highest BCUT2D eigenvalue weighted by Gasteiger charge is 2.31. The zero-order chi connectivity index (χ0) is 13.3. The fourth-order valence-electron chi connectivity index (χ4n) is 1.61. The summed E-state index contributed by atoms with van der Waals surface area (Å²) in [6.45, 7) is 8.71. The quantitative estimate of drug-likeness (QED) is 0.788. The maximum atomic E-state index is 12.1. The van der Waals surface area contributed by atoms with Crippen LogP contribution in [0.5, 0.6) is 0 Å². The van der Waals surface area contributed by atoms with Crippen molar-refractivity contribution in [1.82, 2.24) is 9.62 Å². The van der Waals surface area contributed by atoms with Gasteiger partial charge in [-0.25, -0.2) is 12.7 Å². The first kappa shape index (κ1) is 14.9. The van der Waals surface area contributed by atoms with Gasteiger partial charge < -0.3 is 5.32 Å². The van der Waals surface area contributed by atoms with Crippen LogP contribution in [0.15, 0.2) is 0 Å². The first-order chi connectivity index (χ1) is 7.64. The SMILES string of the molecule is CC(N(C)S(=O)(=O)CCNC1CC1)C(C)(C)C. The van der Waals surface area contributed by atoms with Crippen molar-refractivity contribution in [3.05, 3.63) is 0 Å². The van der Waals surface area contributed by atoms with Gasteiger partial charge in [-0.3, -0.25) is 0 Å². The second-order valence-electron chi connectivity index (χ2n) is 6.10. The summed E-state index contributed by atoms with van der Waals surface area (Å²) in [4.78, 5) is 0. The van der Waals surface area contributed by atoms with Gasteiger partial charge in [0.1, 0.15) is 0 Å². The first-order valence-corrected chi connectivity index (χ1v) is 7.94. The van der Waals surface area contributed by atoms with Gasteiger partial charge in [-0.15, -0.1) is 0 Å². The second-order valence-corrected chi connectivity index (χ2v) is 8.25. The van der Waals surface area contributed by atoms with Gasteiger partial charge in [0.2, 0.25) is 10.0 Å². The molecule has 0 radical (unpaired) electrons. The highest BCUT2D eigenvalue weighted by atomic mass is 32.2. The molecule has 1 fully saturated rings. The number of rotatable bonds is 6. The molecule has 0 bridgehead atoms. The largest absolute Gasteiger partial charge is 0.313 e. The first-order valence-electron chi connectivity index (χ1n) is 6.33. The highest BCUT2D eigenvalue weighted by Crippen LogP contribution is 2.25. The molecule has 0 spiro atoms. The molecule has 1 aliphatic rings. The summed E-state index contributed by atoms with van der Waals surface area (Å²) in [5, 5.41) is 3.24. The number of hydrogen-bond donors (Lipinski definition) is 1. The van der Waals surface area contributed by atoms with Crippen molar-refractivity contribution in [3.63, 3.8) is 0 Å². The van der Waals surface area contributed by atoms with E-state index in [9.17, 15) is 8.42 Å². The monoisotopic (exact) mass is 262 g/mol. The van der Waals surface area contributed by atoms with E-state index < -0.39 is 10.0 Å². The number of nitrogens with zero attached hydrogens (tertiary/aromatic N) is 1. The van der Waals surface area contributed by atoms with E-state index in [2.05, 4.69) is 26.1 Å². The Labute approximate surface area is 106 Å². The zero-order valence-electron chi connectivity index (χ0n) is 11.7. The summed E-state index contributed by atoms with van der Waals surface area (Å²) >= 11 is 0. The molecule has 17 heavy (non-hydrogen) atoms. The van der Waals surface area contributed by atoms with Crippen molar-refractivity contribution in [2.24, 2.45) is 5.41 Å². The Balaban J connectivity index is 2.49. The van der Waals surface area contributed by atoms with Crippen molar-refractivity contribution in [3.8, 4) is 0 Å². The second kappa shape index (κ2) is 5.24. The van der Waals surface area contributed by atoms with Gasteiger partial charge in [0.15, 0.2) is 0 Å². The molecule has 0 aromatic heterocycles. The van der Waals surface area contributed by atoms with Crippen LogP contribution in [0.1, 0.15) is 40.5 Å². The van der Waals surface area contributed by atoms with Crippen LogP contribution in [0.25, 0.3) is 0 Å². The van der Waals surface area contributed by atoms with Gasteiger partial charge in [0.05, 0.1) is 5.75 Å². The Hall–Kier alpha value is -0.130. The van der Waals surface area contributed by atoms with Crippen LogP contribution in [-0.2, 0) is 10.0 Å². The molecule has 5 heteroatoms. The molecule has 1 atom stereocenters. The summed E-state index contributed by atoms with van der Waals surface area (Å²) in [5.41, 5.74) is -0.0360. The van der Waals surface area contributed by atoms with Crippen molar-refractivity contribution in [2.75, 3.05) is 19.3 Å². The fraction of sp³-hybridized carbons (Fsp3) is 1.00. The molecular formula is C12H26N2O2S. The number of nitrogens with one attached hydrogen (secondary N) is 1. The van der Waals surface area contributed by atoms with E-state index in [1.54, 1.807) is 7.05 Å². The minimum Gasteiger partial charge on any atom is -0.313 e. The van der Waals surface area contributed by atoms with Crippen molar-refractivity contribution < 1.29 is 8.42 Å². The summed E-state index contributed by atoms with van der Waals surface area (Å²) < 4.78 is 25.7. The van der Waals surface area contributed by atoms with Crippen LogP contribution in [0.3, 0.4) is 0 Å². The third kappa shape index (κ3) is 4.56. The zero-order valence-corrected chi connectivity index (χ0v) is 12.5. The molecule has 1 aliphatic carbocycles. The lowest BCUT2D eigenvalue weighted by molar-refractivity contribution is 0.216. The molecule has 0 aromatic rings. The molecule has 1 rings (SSSR count). The van der Waals surface area contributed by atoms with E-state index in [-0.39, 0.29) is 17.2 Å². The van der Waals surface area contributed by atoms with Crippen LogP contribution in [0, 0.1) is 5.41 Å².